The summed E-state index contributed by atoms with van der Waals surface area (Å²) in [5.41, 5.74) is 1.03. The second-order valence-electron chi connectivity index (χ2n) is 22.6. The number of furan rings is 2. The van der Waals surface area contributed by atoms with Crippen LogP contribution in [0, 0.1) is 6.57 Å². The van der Waals surface area contributed by atoms with E-state index < -0.39 is 157 Å². The fraction of sp³-hybridized carbons (Fsp3) is 0. The fourth-order valence-corrected chi connectivity index (χ4v) is 13.3. The average molecular weight is 1250 g/mol. The number of aromatic nitrogens is 5. The van der Waals surface area contributed by atoms with E-state index in [1.807, 2.05) is 0 Å². The van der Waals surface area contributed by atoms with Crippen molar-refractivity contribution in [2.24, 2.45) is 0 Å². The Morgan fingerprint density at radius 1 is 0.312 bits per heavy atom. The SMILES string of the molecule is [2H]c1c([2H])c([2H])c(-c2ccc3oc4c(ccc5c4c4cc(-c6c([2H])c([2H])c([2H])c([2H])c6[2H])ccc4n5-c4c([N+]#[C-])cc(-c5nc(-c6ccccc6)nc(-c6ccccc6)n5)c(-c5c([2H])c([2H])c([2H])c([2H])c5[2H])c4-n4c5ccc(-c6c([2H])c([2H])c([2H])c([2H])c6[2H])cc5c5c6oc7ccc(-c8c([2H])c([2H])c([2H])c([2H])c8[2H])cc7c6ccc54)c3c2)c([2H])c1[2H]. The van der Waals surface area contributed by atoms with Gasteiger partial charge in [0, 0.05) is 54.6 Å². The number of hydrogen-bond acceptors (Lipinski definition) is 5. The molecule has 14 aromatic carbocycles. The normalized spacial score (nSPS) is 15.4. The molecule has 0 amide bonds. The van der Waals surface area contributed by atoms with E-state index >= 15 is 0 Å². The van der Waals surface area contributed by atoms with Crippen LogP contribution in [0.1, 0.15) is 34.3 Å². The van der Waals surface area contributed by atoms with Crippen LogP contribution in [0.15, 0.2) is 324 Å². The van der Waals surface area contributed by atoms with Crippen molar-refractivity contribution in [1.82, 2.24) is 24.1 Å². The predicted molar refractivity (Wildman–Crippen MR) is 393 cm³/mol. The Kier molecular flexibility index (Phi) is 8.02. The largest absolute Gasteiger partial charge is 0.455 e. The monoisotopic (exact) mass is 1250 g/mol. The number of rotatable bonds is 10. The van der Waals surface area contributed by atoms with Gasteiger partial charge in [0.05, 0.1) is 85.1 Å². The van der Waals surface area contributed by atoms with Crippen LogP contribution in [-0.2, 0) is 0 Å². The molecular weight excluding hydrogens is 1170 g/mol. The lowest BCUT2D eigenvalue weighted by atomic mass is 9.93. The standard InChI is InChI=1S/C88H52N6O2/c1-89-72-53-71(88-91-86(59-33-19-7-20-34-59)90-87(92-88)60-35-21-8-22-36-60)79(58-31-17-6-18-32-58)83(94-74-44-38-62(55-25-11-3-12-26-55)52-70(74)81-76(94)46-42-66-68-50-64(57-29-15-5-16-30-57)40-48-78(68)96-85(66)81)82(72)93-73-43-37-61(54-23-9-2-10-24-54)51-69(73)80-75(93)45-41-65-67-49-63(56-27-13-4-14-28-56)39-47-77(67)95-84(65)80/h2-53H/i2D,3D,4D,5D,6D,9D,10D,11D,12D,13D,14D,15D,16D,17D,18D,23D,24D,25D,26D,27D,28D,29D,30D,31D,32D. The molecule has 0 saturated carbocycles. The maximum atomic E-state index is 10.3. The molecular formula is C88H52N6O2. The van der Waals surface area contributed by atoms with Gasteiger partial charge in [-0.15, -0.1) is 0 Å². The lowest BCUT2D eigenvalue weighted by Gasteiger charge is -2.25. The molecule has 446 valence electrons. The first-order valence-corrected chi connectivity index (χ1v) is 30.1. The third-order valence-corrected chi connectivity index (χ3v) is 17.4. The minimum absolute atomic E-state index is 0.0847. The van der Waals surface area contributed by atoms with Gasteiger partial charge in [-0.3, -0.25) is 0 Å². The molecule has 0 aliphatic rings. The summed E-state index contributed by atoms with van der Waals surface area (Å²) in [6.07, 6.45) is 0. The molecule has 96 heavy (non-hydrogen) atoms. The highest BCUT2D eigenvalue weighted by molar-refractivity contribution is 6.27. The highest BCUT2D eigenvalue weighted by atomic mass is 16.3. The summed E-state index contributed by atoms with van der Waals surface area (Å²) in [5.74, 6) is -0.000274. The molecule has 0 radical (unpaired) electrons. The molecule has 8 heteroatoms. The van der Waals surface area contributed by atoms with Gasteiger partial charge >= 0.3 is 0 Å². The molecule has 19 aromatic rings. The maximum absolute atomic E-state index is 10.3. The molecule has 0 N–H and O–H groups in total. The Morgan fingerprint density at radius 2 is 0.677 bits per heavy atom. The molecule has 0 fully saturated rings. The van der Waals surface area contributed by atoms with E-state index in [2.05, 4.69) is 4.85 Å². The Bertz CT molecular complexity index is 7790. The van der Waals surface area contributed by atoms with E-state index in [1.165, 1.54) is 18.2 Å². The van der Waals surface area contributed by atoms with Crippen LogP contribution in [0.5, 0.6) is 0 Å². The van der Waals surface area contributed by atoms with Gasteiger partial charge in [-0.1, -0.05) is 236 Å². The van der Waals surface area contributed by atoms with E-state index in [-0.39, 0.29) is 156 Å². The zero-order chi connectivity index (χ0) is 85.1. The van der Waals surface area contributed by atoms with Crippen molar-refractivity contribution in [3.05, 3.63) is 326 Å². The van der Waals surface area contributed by atoms with E-state index in [1.54, 1.807) is 155 Å². The molecule has 5 aromatic heterocycles. The average Bonchev–Trinajstić information content (AvgIpc) is 1.54. The topological polar surface area (TPSA) is 79.2 Å². The van der Waals surface area contributed by atoms with Crippen LogP contribution in [0.3, 0.4) is 0 Å². The molecule has 0 bridgehead atoms. The highest BCUT2D eigenvalue weighted by Crippen LogP contribution is 2.53. The predicted octanol–water partition coefficient (Wildman–Crippen LogP) is 23.8. The molecule has 8 nitrogen and oxygen atoms in total. The van der Waals surface area contributed by atoms with Crippen molar-refractivity contribution in [3.8, 4) is 101 Å². The minimum Gasteiger partial charge on any atom is -0.455 e. The molecule has 0 saturated heterocycles. The summed E-state index contributed by atoms with van der Waals surface area (Å²) < 4.78 is 245. The summed E-state index contributed by atoms with van der Waals surface area (Å²) in [7, 11) is 0. The lowest BCUT2D eigenvalue weighted by molar-refractivity contribution is 0.672. The Hall–Kier alpha value is -13.2. The fourth-order valence-electron chi connectivity index (χ4n) is 13.3. The van der Waals surface area contributed by atoms with Gasteiger partial charge in [-0.05, 0) is 129 Å². The van der Waals surface area contributed by atoms with Crippen LogP contribution < -0.4 is 0 Å². The van der Waals surface area contributed by atoms with Crippen molar-refractivity contribution in [2.45, 2.75) is 0 Å². The Labute approximate surface area is 586 Å². The number of benzene rings is 14. The third-order valence-electron chi connectivity index (χ3n) is 17.4. The molecule has 5 heterocycles. The van der Waals surface area contributed by atoms with Crippen molar-refractivity contribution in [1.29, 1.82) is 0 Å². The van der Waals surface area contributed by atoms with Crippen LogP contribution in [0.25, 0.3) is 194 Å². The number of hydrogen-bond donors (Lipinski definition) is 0. The van der Waals surface area contributed by atoms with Gasteiger partial charge in [0.15, 0.2) is 17.5 Å². The molecule has 0 atom stereocenters. The number of nitrogens with zero attached hydrogens (tertiary/aromatic N) is 6. The van der Waals surface area contributed by atoms with Crippen molar-refractivity contribution < 1.29 is 43.1 Å². The maximum Gasteiger partial charge on any atom is 0.213 e. The zero-order valence-electron chi connectivity index (χ0n) is 74.6. The summed E-state index contributed by atoms with van der Waals surface area (Å²) in [6.45, 7) is 9.83. The van der Waals surface area contributed by atoms with Gasteiger partial charge in [0.25, 0.3) is 0 Å². The van der Waals surface area contributed by atoms with Crippen LogP contribution in [0.4, 0.5) is 5.69 Å². The smallest absolute Gasteiger partial charge is 0.213 e. The Morgan fingerprint density at radius 3 is 1.09 bits per heavy atom. The van der Waals surface area contributed by atoms with Gasteiger partial charge in [-0.25, -0.2) is 19.8 Å². The van der Waals surface area contributed by atoms with E-state index in [4.69, 9.17) is 45.7 Å². The molecule has 0 unspecified atom stereocenters. The summed E-state index contributed by atoms with van der Waals surface area (Å²) >= 11 is 0. The van der Waals surface area contributed by atoms with Crippen molar-refractivity contribution >= 4 is 93.2 Å². The van der Waals surface area contributed by atoms with Crippen molar-refractivity contribution in [2.75, 3.05) is 0 Å². The summed E-state index contributed by atoms with van der Waals surface area (Å²) in [6, 6.07) is 29.3. The number of fused-ring (bicyclic) bond motifs is 14. The second kappa shape index (κ2) is 22.0. The molecule has 19 rings (SSSR count). The summed E-state index contributed by atoms with van der Waals surface area (Å²) in [4.78, 5) is 19.9. The van der Waals surface area contributed by atoms with E-state index in [9.17, 15) is 18.9 Å². The minimum atomic E-state index is -0.800. The lowest BCUT2D eigenvalue weighted by Crippen LogP contribution is -2.09. The van der Waals surface area contributed by atoms with Crippen molar-refractivity contribution in [3.63, 3.8) is 0 Å². The second-order valence-corrected chi connectivity index (χ2v) is 22.6. The molecule has 0 aliphatic heterocycles. The van der Waals surface area contributed by atoms with Crippen LogP contribution in [0.2, 0.25) is 0 Å². The van der Waals surface area contributed by atoms with Gasteiger partial charge in [-0.2, -0.15) is 0 Å². The van der Waals surface area contributed by atoms with Gasteiger partial charge in [0.1, 0.15) is 22.3 Å². The Balaban J connectivity index is 1.04. The van der Waals surface area contributed by atoms with Crippen LogP contribution >= 0.6 is 0 Å². The quantitative estimate of drug-likeness (QED) is 0.128. The zero-order valence-corrected chi connectivity index (χ0v) is 49.6. The first-order valence-electron chi connectivity index (χ1n) is 42.6. The first-order chi connectivity index (χ1) is 57.9. The third kappa shape index (κ3) is 8.72. The van der Waals surface area contributed by atoms with Gasteiger partial charge in [0.2, 0.25) is 5.69 Å². The van der Waals surface area contributed by atoms with E-state index in [0.717, 1.165) is 0 Å². The summed E-state index contributed by atoms with van der Waals surface area (Å²) in [5, 5.41) is 2.41. The molecule has 0 aliphatic carbocycles. The highest BCUT2D eigenvalue weighted by Gasteiger charge is 2.32. The first kappa shape index (κ1) is 35.0. The van der Waals surface area contributed by atoms with Gasteiger partial charge < -0.3 is 18.0 Å². The molecule has 0 spiro atoms. The van der Waals surface area contributed by atoms with E-state index in [0.29, 0.717) is 32.7 Å². The van der Waals surface area contributed by atoms with Crippen LogP contribution in [-0.4, -0.2) is 24.1 Å².